The molecule has 5 nitrogen and oxygen atoms in total. The average Bonchev–Trinajstić information content (AvgIpc) is 2.85. The highest BCUT2D eigenvalue weighted by Crippen LogP contribution is 2.31. The Labute approximate surface area is 139 Å². The number of ether oxygens (including phenoxy) is 1. The van der Waals surface area contributed by atoms with Gasteiger partial charge in [-0.3, -0.25) is 0 Å². The fraction of sp³-hybridized carbons (Fsp3) is 0.211. The molecule has 118 valence electrons. The summed E-state index contributed by atoms with van der Waals surface area (Å²) in [5.74, 6) is 0. The number of aromatic nitrogens is 1. The number of carbonyl (C=O) groups excluding carboxylic acids is 1. The molecule has 2 aromatic carbocycles. The molecule has 0 aliphatic carbocycles. The molecule has 0 aliphatic heterocycles. The summed E-state index contributed by atoms with van der Waals surface area (Å²) in [4.78, 5) is 12.7. The first kappa shape index (κ1) is 15.6. The predicted octanol–water partition coefficient (Wildman–Crippen LogP) is 4.32. The van der Waals surface area contributed by atoms with Crippen molar-refractivity contribution < 1.29 is 9.53 Å². The van der Waals surface area contributed by atoms with E-state index in [4.69, 9.17) is 15.3 Å². The summed E-state index contributed by atoms with van der Waals surface area (Å²) in [5.41, 5.74) is 1.44. The highest BCUT2D eigenvalue weighted by atomic mass is 16.6. The van der Waals surface area contributed by atoms with Gasteiger partial charge in [-0.1, -0.05) is 12.1 Å². The van der Waals surface area contributed by atoms with Gasteiger partial charge in [0.05, 0.1) is 34.3 Å². The highest BCUT2D eigenvalue weighted by Gasteiger charge is 2.22. The maximum atomic E-state index is 12.7. The molecule has 0 atom stereocenters. The minimum absolute atomic E-state index is 0.454. The Morgan fingerprint density at radius 3 is 1.79 bits per heavy atom. The van der Waals surface area contributed by atoms with E-state index in [1.807, 2.05) is 12.1 Å². The summed E-state index contributed by atoms with van der Waals surface area (Å²) in [7, 11) is 0. The Bertz CT molecular complexity index is 985. The lowest BCUT2D eigenvalue weighted by molar-refractivity contribution is 0.0551. The van der Waals surface area contributed by atoms with Crippen molar-refractivity contribution in [3.8, 4) is 12.1 Å². The van der Waals surface area contributed by atoms with Gasteiger partial charge in [0.25, 0.3) is 0 Å². The summed E-state index contributed by atoms with van der Waals surface area (Å²) in [6.07, 6.45) is -0.535. The molecule has 0 spiro atoms. The Hall–Kier alpha value is -3.31. The molecule has 0 amide bonds. The number of hydrogen-bond acceptors (Lipinski definition) is 4. The van der Waals surface area contributed by atoms with Gasteiger partial charge in [-0.15, -0.1) is 0 Å². The van der Waals surface area contributed by atoms with Crippen molar-refractivity contribution >= 4 is 27.9 Å². The maximum Gasteiger partial charge on any atom is 0.419 e. The molecule has 1 aromatic heterocycles. The van der Waals surface area contributed by atoms with E-state index in [2.05, 4.69) is 12.1 Å². The van der Waals surface area contributed by atoms with E-state index in [1.165, 1.54) is 4.57 Å². The van der Waals surface area contributed by atoms with Crippen LogP contribution in [-0.2, 0) is 4.74 Å². The molecule has 3 rings (SSSR count). The Kier molecular flexibility index (Phi) is 3.51. The first-order valence-electron chi connectivity index (χ1n) is 7.46. The lowest BCUT2D eigenvalue weighted by Gasteiger charge is -2.20. The first-order valence-corrected chi connectivity index (χ1v) is 7.46. The van der Waals surface area contributed by atoms with Crippen LogP contribution in [0.15, 0.2) is 36.4 Å². The van der Waals surface area contributed by atoms with Crippen LogP contribution in [0.3, 0.4) is 0 Å². The number of fused-ring (bicyclic) bond motifs is 3. The molecular formula is C19H15N3O2. The van der Waals surface area contributed by atoms with Gasteiger partial charge in [-0.2, -0.15) is 10.5 Å². The maximum absolute atomic E-state index is 12.7. The Morgan fingerprint density at radius 2 is 1.42 bits per heavy atom. The number of carbonyl (C=O) groups is 1. The minimum Gasteiger partial charge on any atom is -0.443 e. The fourth-order valence-corrected chi connectivity index (χ4v) is 2.66. The molecule has 0 N–H and O–H groups in total. The summed E-state index contributed by atoms with van der Waals surface area (Å²) in [6, 6.07) is 14.5. The third-order valence-corrected chi connectivity index (χ3v) is 3.60. The van der Waals surface area contributed by atoms with Gasteiger partial charge in [0, 0.05) is 10.8 Å². The molecule has 5 heteroatoms. The average molecular weight is 317 g/mol. The highest BCUT2D eigenvalue weighted by molar-refractivity contribution is 6.13. The molecular weight excluding hydrogens is 302 g/mol. The van der Waals surface area contributed by atoms with Crippen molar-refractivity contribution in [3.63, 3.8) is 0 Å². The predicted molar refractivity (Wildman–Crippen MR) is 90.5 cm³/mol. The van der Waals surface area contributed by atoms with Crippen LogP contribution in [0.2, 0.25) is 0 Å². The lowest BCUT2D eigenvalue weighted by Crippen LogP contribution is -2.27. The largest absolute Gasteiger partial charge is 0.443 e. The van der Waals surface area contributed by atoms with Gasteiger partial charge in [0.2, 0.25) is 0 Å². The Morgan fingerprint density at radius 1 is 0.958 bits per heavy atom. The second kappa shape index (κ2) is 5.40. The summed E-state index contributed by atoms with van der Waals surface area (Å²) < 4.78 is 6.93. The van der Waals surface area contributed by atoms with E-state index in [-0.39, 0.29) is 0 Å². The molecule has 1 heterocycles. The molecule has 0 saturated carbocycles. The Balaban J connectivity index is 2.39. The standard InChI is InChI=1S/C19H15N3O2/c1-19(2,3)24-18(23)22-16-8-12(10-20)4-6-14(16)15-7-5-13(11-21)9-17(15)22/h4-9H,1-3H3. The van der Waals surface area contributed by atoms with Crippen LogP contribution in [0, 0.1) is 22.7 Å². The molecule has 0 unspecified atom stereocenters. The number of rotatable bonds is 0. The molecule has 0 radical (unpaired) electrons. The van der Waals surface area contributed by atoms with Crippen molar-refractivity contribution in [1.29, 1.82) is 10.5 Å². The third kappa shape index (κ3) is 2.57. The van der Waals surface area contributed by atoms with Crippen molar-refractivity contribution in [1.82, 2.24) is 4.57 Å². The normalized spacial score (nSPS) is 11.2. The smallest absolute Gasteiger partial charge is 0.419 e. The molecule has 0 fully saturated rings. The summed E-state index contributed by atoms with van der Waals surface area (Å²) in [6.45, 7) is 5.38. The van der Waals surface area contributed by atoms with Crippen LogP contribution < -0.4 is 0 Å². The van der Waals surface area contributed by atoms with Gasteiger partial charge in [-0.05, 0) is 45.0 Å². The third-order valence-electron chi connectivity index (χ3n) is 3.60. The minimum atomic E-state index is -0.653. The van der Waals surface area contributed by atoms with Crippen LogP contribution >= 0.6 is 0 Å². The van der Waals surface area contributed by atoms with Crippen molar-refractivity contribution in [2.24, 2.45) is 0 Å². The van der Waals surface area contributed by atoms with Crippen LogP contribution in [0.5, 0.6) is 0 Å². The molecule has 3 aromatic rings. The van der Waals surface area contributed by atoms with E-state index in [1.54, 1.807) is 45.0 Å². The van der Waals surface area contributed by atoms with Crippen molar-refractivity contribution in [3.05, 3.63) is 47.5 Å². The molecule has 0 bridgehead atoms. The summed E-state index contributed by atoms with van der Waals surface area (Å²) >= 11 is 0. The van der Waals surface area contributed by atoms with Crippen LogP contribution in [-0.4, -0.2) is 16.3 Å². The van der Waals surface area contributed by atoms with E-state index in [9.17, 15) is 4.79 Å². The zero-order valence-corrected chi connectivity index (χ0v) is 13.6. The van der Waals surface area contributed by atoms with Gasteiger partial charge in [-0.25, -0.2) is 9.36 Å². The van der Waals surface area contributed by atoms with E-state index < -0.39 is 11.7 Å². The molecule has 0 saturated heterocycles. The zero-order chi connectivity index (χ0) is 17.5. The topological polar surface area (TPSA) is 78.8 Å². The SMILES string of the molecule is CC(C)(C)OC(=O)n1c2cc(C#N)ccc2c2ccc(C#N)cc21. The van der Waals surface area contributed by atoms with Crippen molar-refractivity contribution in [2.75, 3.05) is 0 Å². The number of nitrogens with zero attached hydrogens (tertiary/aromatic N) is 3. The van der Waals surface area contributed by atoms with Gasteiger partial charge < -0.3 is 4.74 Å². The quantitative estimate of drug-likeness (QED) is 0.618. The van der Waals surface area contributed by atoms with Gasteiger partial charge >= 0.3 is 6.09 Å². The summed E-state index contributed by atoms with van der Waals surface area (Å²) in [5, 5.41) is 20.0. The second-order valence-corrected chi connectivity index (χ2v) is 6.50. The zero-order valence-electron chi connectivity index (χ0n) is 13.6. The van der Waals surface area contributed by atoms with E-state index >= 15 is 0 Å². The van der Waals surface area contributed by atoms with Crippen LogP contribution in [0.1, 0.15) is 31.9 Å². The monoisotopic (exact) mass is 317 g/mol. The molecule has 0 aliphatic rings. The number of benzene rings is 2. The fourth-order valence-electron chi connectivity index (χ4n) is 2.66. The van der Waals surface area contributed by atoms with E-state index in [0.29, 0.717) is 22.2 Å². The van der Waals surface area contributed by atoms with Crippen molar-refractivity contribution in [2.45, 2.75) is 26.4 Å². The first-order chi connectivity index (χ1) is 11.3. The lowest BCUT2D eigenvalue weighted by atomic mass is 10.1. The molecule has 24 heavy (non-hydrogen) atoms. The van der Waals surface area contributed by atoms with Crippen LogP contribution in [0.4, 0.5) is 4.79 Å². The van der Waals surface area contributed by atoms with Gasteiger partial charge in [0.1, 0.15) is 5.60 Å². The number of nitriles is 2. The van der Waals surface area contributed by atoms with E-state index in [0.717, 1.165) is 10.8 Å². The van der Waals surface area contributed by atoms with Crippen LogP contribution in [0.25, 0.3) is 21.8 Å². The number of hydrogen-bond donors (Lipinski definition) is 0. The van der Waals surface area contributed by atoms with Gasteiger partial charge in [0.15, 0.2) is 0 Å². The second-order valence-electron chi connectivity index (χ2n) is 6.50.